The number of allylic oxidation sites excluding steroid dienone is 1. The molecule has 1 aromatic carbocycles. The number of pyridine rings is 1. The molecule has 0 bridgehead atoms. The van der Waals surface area contributed by atoms with Gasteiger partial charge in [0.1, 0.15) is 29.3 Å². The lowest BCUT2D eigenvalue weighted by molar-refractivity contribution is -0.156. The van der Waals surface area contributed by atoms with Crippen molar-refractivity contribution in [1.82, 2.24) is 24.8 Å². The van der Waals surface area contributed by atoms with Crippen molar-refractivity contribution < 1.29 is 51.0 Å². The molecule has 0 radical (unpaired) electrons. The number of rotatable bonds is 9. The van der Waals surface area contributed by atoms with Crippen LogP contribution in [0.4, 0.5) is 13.6 Å². The molecule has 306 valence electrons. The van der Waals surface area contributed by atoms with E-state index in [1.807, 2.05) is 25.1 Å². The molecule has 2 aliphatic heterocycles. The predicted molar refractivity (Wildman–Crippen MR) is 202 cm³/mol. The Hall–Kier alpha value is -4.54. The molecule has 1 saturated heterocycles. The smallest absolute Gasteiger partial charge is 0.408 e. The van der Waals surface area contributed by atoms with Crippen molar-refractivity contribution in [1.29, 1.82) is 0 Å². The van der Waals surface area contributed by atoms with Crippen LogP contribution in [0.15, 0.2) is 42.5 Å². The number of carbonyl (C=O) groups is 4. The van der Waals surface area contributed by atoms with Gasteiger partial charge in [-0.15, -0.1) is 0 Å². The molecular formula is C39H51F2N5O9S. The maximum absolute atomic E-state index is 15.3. The zero-order chi connectivity index (χ0) is 41.0. The molecule has 2 saturated carbocycles. The van der Waals surface area contributed by atoms with E-state index in [1.165, 1.54) is 7.11 Å². The molecule has 3 N–H and O–H groups in total. The van der Waals surface area contributed by atoms with Gasteiger partial charge in [0.2, 0.25) is 33.6 Å². The van der Waals surface area contributed by atoms with E-state index < -0.39 is 86.1 Å². The number of methoxy groups -OCH3 is 1. The number of ether oxygens (including phenoxy) is 2. The van der Waals surface area contributed by atoms with Gasteiger partial charge in [0, 0.05) is 30.7 Å². The van der Waals surface area contributed by atoms with E-state index >= 15 is 13.6 Å². The highest BCUT2D eigenvalue weighted by molar-refractivity contribution is 7.91. The average molecular weight is 804 g/mol. The van der Waals surface area contributed by atoms with Crippen molar-refractivity contribution in [3.05, 3.63) is 42.5 Å². The molecule has 4 aliphatic rings. The minimum absolute atomic E-state index is 0.0930. The van der Waals surface area contributed by atoms with Gasteiger partial charge in [0.05, 0.1) is 18.9 Å². The van der Waals surface area contributed by atoms with E-state index in [4.69, 9.17) is 9.47 Å². The van der Waals surface area contributed by atoms with E-state index in [1.54, 1.807) is 31.2 Å². The van der Waals surface area contributed by atoms with Crippen molar-refractivity contribution in [3.63, 3.8) is 0 Å². The van der Waals surface area contributed by atoms with Gasteiger partial charge >= 0.3 is 6.09 Å². The van der Waals surface area contributed by atoms with Crippen LogP contribution in [0.3, 0.4) is 0 Å². The summed E-state index contributed by atoms with van der Waals surface area (Å²) in [7, 11) is -2.55. The van der Waals surface area contributed by atoms with Crippen LogP contribution in [0, 0.1) is 17.8 Å². The van der Waals surface area contributed by atoms with Gasteiger partial charge in [-0.3, -0.25) is 24.0 Å². The monoisotopic (exact) mass is 803 g/mol. The maximum Gasteiger partial charge on any atom is 0.408 e. The Bertz CT molecular complexity index is 2020. The summed E-state index contributed by atoms with van der Waals surface area (Å²) < 4.78 is 70.4. The molecule has 17 heteroatoms. The Balaban J connectivity index is 1.43. The second-order valence-electron chi connectivity index (χ2n) is 16.5. The number of nitrogens with zero attached hydrogens (tertiary/aromatic N) is 3. The molecule has 2 aromatic rings. The number of aromatic nitrogens is 1. The molecule has 7 atom stereocenters. The number of hydrogen-bond acceptors (Lipinski definition) is 9. The molecule has 3 heterocycles. The summed E-state index contributed by atoms with van der Waals surface area (Å²) in [6.45, 7) is 6.03. The predicted octanol–water partition coefficient (Wildman–Crippen LogP) is 4.87. The number of sulfonamides is 1. The molecule has 4 amide bonds. The second-order valence-corrected chi connectivity index (χ2v) is 18.4. The van der Waals surface area contributed by atoms with Gasteiger partial charge in [-0.2, -0.15) is 4.98 Å². The van der Waals surface area contributed by atoms with E-state index in [0.717, 1.165) is 24.1 Å². The van der Waals surface area contributed by atoms with Crippen molar-refractivity contribution in [2.24, 2.45) is 17.8 Å². The first kappa shape index (κ1) is 41.1. The van der Waals surface area contributed by atoms with E-state index in [9.17, 15) is 27.9 Å². The highest BCUT2D eigenvalue weighted by atomic mass is 32.2. The average Bonchev–Trinajstić information content (AvgIpc) is 4.04. The molecule has 6 rings (SSSR count). The van der Waals surface area contributed by atoms with Gasteiger partial charge in [-0.05, 0) is 75.7 Å². The quantitative estimate of drug-likeness (QED) is 0.296. The zero-order valence-corrected chi connectivity index (χ0v) is 33.3. The SMILES string of the molecule is COc1cc2ccccc2c(O[C@@H]2C[C@H]3C(=O)N[C@]4(C(=O)NS(=O)(=O)C5CC5)C[C@H]4/C=C\CC[C@H](C)C[C@@H](C)[C@H](N(C(=O)O)C(C)(C)C(C)(F)F)C(=O)N3C2)n1. The molecule has 1 aromatic heterocycles. The van der Waals surface area contributed by atoms with Crippen molar-refractivity contribution in [2.45, 2.75) is 120 Å². The highest BCUT2D eigenvalue weighted by Gasteiger charge is 2.62. The normalized spacial score (nSPS) is 29.5. The minimum Gasteiger partial charge on any atom is -0.481 e. The summed E-state index contributed by atoms with van der Waals surface area (Å²) in [6.07, 6.45) is 3.16. The molecule has 3 fully saturated rings. The van der Waals surface area contributed by atoms with Crippen LogP contribution >= 0.6 is 0 Å². The number of fused-ring (bicyclic) bond motifs is 3. The topological polar surface area (TPSA) is 185 Å². The summed E-state index contributed by atoms with van der Waals surface area (Å²) in [4.78, 5) is 62.6. The Morgan fingerprint density at radius 1 is 1.11 bits per heavy atom. The van der Waals surface area contributed by atoms with Crippen LogP contribution in [0.1, 0.15) is 79.6 Å². The van der Waals surface area contributed by atoms with Gasteiger partial charge in [-0.25, -0.2) is 22.0 Å². The van der Waals surface area contributed by atoms with Gasteiger partial charge in [-0.1, -0.05) is 44.2 Å². The second kappa shape index (κ2) is 15.1. The van der Waals surface area contributed by atoms with Crippen LogP contribution in [0.25, 0.3) is 10.8 Å². The molecule has 0 spiro atoms. The number of benzene rings is 1. The molecule has 14 nitrogen and oxygen atoms in total. The fraction of sp³-hybridized carbons (Fsp3) is 0.615. The van der Waals surface area contributed by atoms with Gasteiger partial charge in [0.15, 0.2) is 0 Å². The number of hydrogen-bond donors (Lipinski definition) is 3. The Kier molecular flexibility index (Phi) is 11.1. The van der Waals surface area contributed by atoms with E-state index in [0.29, 0.717) is 49.3 Å². The first-order chi connectivity index (χ1) is 26.2. The first-order valence-electron chi connectivity index (χ1n) is 19.1. The number of halogens is 2. The van der Waals surface area contributed by atoms with Crippen LogP contribution in [-0.2, 0) is 24.4 Å². The Morgan fingerprint density at radius 2 is 1.80 bits per heavy atom. The molecule has 2 aliphatic carbocycles. The number of alkyl halides is 2. The van der Waals surface area contributed by atoms with Crippen LogP contribution < -0.4 is 19.5 Å². The van der Waals surface area contributed by atoms with Crippen molar-refractivity contribution in [2.75, 3.05) is 13.7 Å². The standard InChI is InChI=1S/C39H51F2N5O9S/c1-22-11-7-9-13-25-20-39(25,35(49)44-56(52,53)27-15-16-27)43-32(47)29-19-26(55-33-28-14-10-8-12-24(28)18-30(42-33)54-6)21-45(29)34(48)31(23(2)17-22)46(36(50)51)37(3,4)38(5,40)41/h8-10,12-14,18,22-23,25-27,29,31H,7,11,15-17,19-21H2,1-6H3,(H,43,47)(H,44,49)(H,50,51)/b13-9-/t22-,23+,25+,26+,29-,31-,39+/m0/s1. The van der Waals surface area contributed by atoms with Gasteiger partial charge in [0.25, 0.3) is 11.8 Å². The van der Waals surface area contributed by atoms with Crippen molar-refractivity contribution in [3.8, 4) is 11.8 Å². The summed E-state index contributed by atoms with van der Waals surface area (Å²) in [6, 6.07) is 5.89. The van der Waals surface area contributed by atoms with Gasteiger partial charge < -0.3 is 24.8 Å². The summed E-state index contributed by atoms with van der Waals surface area (Å²) in [5.41, 5.74) is -4.01. The third-order valence-corrected chi connectivity index (χ3v) is 13.7. The number of amides is 4. The summed E-state index contributed by atoms with van der Waals surface area (Å²) in [5.74, 6) is -7.21. The Labute approximate surface area is 325 Å². The van der Waals surface area contributed by atoms with Crippen LogP contribution in [0.5, 0.6) is 11.8 Å². The van der Waals surface area contributed by atoms with Crippen LogP contribution in [-0.4, -0.2) is 106 Å². The van der Waals surface area contributed by atoms with E-state index in [-0.39, 0.29) is 37.1 Å². The largest absolute Gasteiger partial charge is 0.481 e. The number of carboxylic acid groups (broad SMARTS) is 1. The fourth-order valence-corrected chi connectivity index (χ4v) is 9.42. The lowest BCUT2D eigenvalue weighted by Crippen LogP contribution is -2.66. The lowest BCUT2D eigenvalue weighted by atomic mass is 9.84. The lowest BCUT2D eigenvalue weighted by Gasteiger charge is -2.47. The fourth-order valence-electron chi connectivity index (χ4n) is 8.06. The third-order valence-electron chi connectivity index (χ3n) is 11.9. The zero-order valence-electron chi connectivity index (χ0n) is 32.5. The Morgan fingerprint density at radius 3 is 2.45 bits per heavy atom. The summed E-state index contributed by atoms with van der Waals surface area (Å²) in [5, 5.41) is 14.0. The maximum atomic E-state index is 15.3. The van der Waals surface area contributed by atoms with Crippen molar-refractivity contribution >= 4 is 44.6 Å². The minimum atomic E-state index is -3.99. The molecule has 0 unspecified atom stereocenters. The number of carbonyl (C=O) groups excluding carboxylic acids is 3. The first-order valence-corrected chi connectivity index (χ1v) is 20.6. The summed E-state index contributed by atoms with van der Waals surface area (Å²) >= 11 is 0. The molecule has 56 heavy (non-hydrogen) atoms. The number of nitrogens with one attached hydrogen (secondary N) is 2. The van der Waals surface area contributed by atoms with E-state index in [2.05, 4.69) is 15.0 Å². The third kappa shape index (κ3) is 8.00. The highest BCUT2D eigenvalue weighted by Crippen LogP contribution is 2.47. The van der Waals surface area contributed by atoms with Crippen LogP contribution in [0.2, 0.25) is 0 Å². The molecular weight excluding hydrogens is 753 g/mol.